The number of nitrogens with one attached hydrogen (secondary N) is 2. The number of esters is 1. The molecule has 0 bridgehead atoms. The van der Waals surface area contributed by atoms with Crippen LogP contribution in [0.5, 0.6) is 0 Å². The first-order chi connectivity index (χ1) is 8.22. The molecule has 0 atom stereocenters. The molecule has 0 heterocycles. The number of methoxy groups -OCH3 is 1. The second-order valence-electron chi connectivity index (χ2n) is 3.44. The zero-order valence-corrected chi connectivity index (χ0v) is 9.73. The third-order valence-electron chi connectivity index (χ3n) is 2.12. The van der Waals surface area contributed by atoms with Crippen molar-refractivity contribution in [3.05, 3.63) is 35.9 Å². The molecule has 1 aromatic carbocycles. The van der Waals surface area contributed by atoms with E-state index in [4.69, 9.17) is 0 Å². The van der Waals surface area contributed by atoms with Gasteiger partial charge in [-0.05, 0) is 5.56 Å². The van der Waals surface area contributed by atoms with Crippen LogP contribution in [0.3, 0.4) is 0 Å². The molecule has 0 saturated carbocycles. The highest BCUT2D eigenvalue weighted by molar-refractivity contribution is 5.79. The van der Waals surface area contributed by atoms with Crippen LogP contribution in [0.4, 0.5) is 0 Å². The van der Waals surface area contributed by atoms with E-state index in [-0.39, 0.29) is 25.0 Å². The number of hydrogen-bond donors (Lipinski definition) is 2. The van der Waals surface area contributed by atoms with Crippen molar-refractivity contribution in [1.29, 1.82) is 0 Å². The van der Waals surface area contributed by atoms with Gasteiger partial charge < -0.3 is 10.1 Å². The summed E-state index contributed by atoms with van der Waals surface area (Å²) >= 11 is 0. The second kappa shape index (κ2) is 7.40. The lowest BCUT2D eigenvalue weighted by atomic mass is 10.2. The fraction of sp³-hybridized carbons (Fsp3) is 0.333. The van der Waals surface area contributed by atoms with E-state index < -0.39 is 0 Å². The van der Waals surface area contributed by atoms with Gasteiger partial charge in [0.15, 0.2) is 0 Å². The van der Waals surface area contributed by atoms with Crippen LogP contribution in [0.1, 0.15) is 5.56 Å². The molecular weight excluding hydrogens is 220 g/mol. The molecular formula is C12H16N2O3. The lowest BCUT2D eigenvalue weighted by Gasteiger charge is -2.06. The summed E-state index contributed by atoms with van der Waals surface area (Å²) in [5, 5.41) is 5.42. The molecule has 5 nitrogen and oxygen atoms in total. The molecule has 0 aromatic heterocycles. The average molecular weight is 236 g/mol. The third-order valence-corrected chi connectivity index (χ3v) is 2.12. The first-order valence-electron chi connectivity index (χ1n) is 5.30. The molecule has 17 heavy (non-hydrogen) atoms. The summed E-state index contributed by atoms with van der Waals surface area (Å²) in [6.07, 6.45) is 0. The van der Waals surface area contributed by atoms with Crippen molar-refractivity contribution in [3.63, 3.8) is 0 Å². The summed E-state index contributed by atoms with van der Waals surface area (Å²) in [5.74, 6) is -0.543. The maximum Gasteiger partial charge on any atom is 0.319 e. The Bertz CT molecular complexity index is 365. The van der Waals surface area contributed by atoms with Crippen molar-refractivity contribution in [3.8, 4) is 0 Å². The molecule has 0 radical (unpaired) electrons. The van der Waals surface area contributed by atoms with Crippen LogP contribution in [0.25, 0.3) is 0 Å². The van der Waals surface area contributed by atoms with Crippen LogP contribution in [-0.2, 0) is 20.9 Å². The molecule has 0 aliphatic heterocycles. The smallest absolute Gasteiger partial charge is 0.319 e. The zero-order valence-electron chi connectivity index (χ0n) is 9.73. The molecule has 2 N–H and O–H groups in total. The van der Waals surface area contributed by atoms with E-state index in [2.05, 4.69) is 15.4 Å². The molecule has 0 saturated heterocycles. The maximum atomic E-state index is 11.4. The molecule has 1 rings (SSSR count). The highest BCUT2D eigenvalue weighted by atomic mass is 16.5. The summed E-state index contributed by atoms with van der Waals surface area (Å²) in [4.78, 5) is 22.1. The van der Waals surface area contributed by atoms with Gasteiger partial charge in [-0.1, -0.05) is 30.3 Å². The van der Waals surface area contributed by atoms with E-state index in [0.717, 1.165) is 5.56 Å². The van der Waals surface area contributed by atoms with Crippen LogP contribution < -0.4 is 10.6 Å². The van der Waals surface area contributed by atoms with Gasteiger partial charge in [0.1, 0.15) is 0 Å². The quantitative estimate of drug-likeness (QED) is 0.686. The molecule has 0 fully saturated rings. The molecule has 0 unspecified atom stereocenters. The van der Waals surface area contributed by atoms with Crippen LogP contribution in [-0.4, -0.2) is 32.1 Å². The molecule has 1 amide bonds. The number of carbonyl (C=O) groups is 2. The van der Waals surface area contributed by atoms with Crippen molar-refractivity contribution >= 4 is 11.9 Å². The van der Waals surface area contributed by atoms with Gasteiger partial charge in [-0.2, -0.15) is 0 Å². The monoisotopic (exact) mass is 236 g/mol. The Morgan fingerprint density at radius 2 is 1.88 bits per heavy atom. The highest BCUT2D eigenvalue weighted by Crippen LogP contribution is 1.96. The predicted octanol–water partition coefficient (Wildman–Crippen LogP) is 0.0654. The largest absolute Gasteiger partial charge is 0.468 e. The lowest BCUT2D eigenvalue weighted by molar-refractivity contribution is -0.139. The van der Waals surface area contributed by atoms with Gasteiger partial charge in [-0.15, -0.1) is 0 Å². The van der Waals surface area contributed by atoms with Crippen LogP contribution in [0.2, 0.25) is 0 Å². The minimum absolute atomic E-state index is 0.0370. The third kappa shape index (κ3) is 5.67. The summed E-state index contributed by atoms with van der Waals surface area (Å²) in [7, 11) is 1.31. The Kier molecular flexibility index (Phi) is 5.74. The topological polar surface area (TPSA) is 67.4 Å². The first-order valence-corrected chi connectivity index (χ1v) is 5.30. The average Bonchev–Trinajstić information content (AvgIpc) is 2.37. The van der Waals surface area contributed by atoms with Gasteiger partial charge in [0.2, 0.25) is 5.91 Å². The van der Waals surface area contributed by atoms with Gasteiger partial charge >= 0.3 is 5.97 Å². The summed E-state index contributed by atoms with van der Waals surface area (Å²) in [5.41, 5.74) is 1.04. The molecule has 0 aliphatic carbocycles. The number of hydrogen-bond acceptors (Lipinski definition) is 4. The number of amides is 1. The Morgan fingerprint density at radius 3 is 2.53 bits per heavy atom. The Balaban J connectivity index is 2.16. The number of ether oxygens (including phenoxy) is 1. The summed E-state index contributed by atoms with van der Waals surface area (Å²) in [6.45, 7) is 0.622. The fourth-order valence-electron chi connectivity index (χ4n) is 1.21. The van der Waals surface area contributed by atoms with E-state index in [1.807, 2.05) is 30.3 Å². The van der Waals surface area contributed by atoms with Gasteiger partial charge in [0.25, 0.3) is 0 Å². The van der Waals surface area contributed by atoms with Crippen molar-refractivity contribution in [2.24, 2.45) is 0 Å². The predicted molar refractivity (Wildman–Crippen MR) is 63.2 cm³/mol. The molecule has 1 aromatic rings. The molecule has 0 spiro atoms. The summed E-state index contributed by atoms with van der Waals surface area (Å²) in [6, 6.07) is 9.61. The highest BCUT2D eigenvalue weighted by Gasteiger charge is 2.03. The van der Waals surface area contributed by atoms with Crippen molar-refractivity contribution in [1.82, 2.24) is 10.6 Å². The van der Waals surface area contributed by atoms with Gasteiger partial charge in [0, 0.05) is 6.54 Å². The van der Waals surface area contributed by atoms with Gasteiger partial charge in [-0.25, -0.2) is 0 Å². The van der Waals surface area contributed by atoms with Gasteiger partial charge in [0.05, 0.1) is 20.2 Å². The van der Waals surface area contributed by atoms with Crippen molar-refractivity contribution < 1.29 is 14.3 Å². The minimum atomic E-state index is -0.388. The van der Waals surface area contributed by atoms with Crippen molar-refractivity contribution in [2.75, 3.05) is 20.2 Å². The van der Waals surface area contributed by atoms with E-state index in [1.54, 1.807) is 0 Å². The number of rotatable bonds is 6. The van der Waals surface area contributed by atoms with E-state index >= 15 is 0 Å². The second-order valence-corrected chi connectivity index (χ2v) is 3.44. The Labute approximate surface area is 100 Å². The first kappa shape index (κ1) is 13.2. The van der Waals surface area contributed by atoms with Crippen LogP contribution in [0.15, 0.2) is 30.3 Å². The van der Waals surface area contributed by atoms with Crippen LogP contribution in [0, 0.1) is 0 Å². The Morgan fingerprint density at radius 1 is 1.18 bits per heavy atom. The van der Waals surface area contributed by atoms with Gasteiger partial charge in [-0.3, -0.25) is 14.9 Å². The van der Waals surface area contributed by atoms with Crippen molar-refractivity contribution in [2.45, 2.75) is 6.54 Å². The standard InChI is InChI=1S/C12H16N2O3/c1-17-12(16)9-13-8-11(15)14-7-10-5-3-2-4-6-10/h2-6,13H,7-9H2,1H3,(H,14,15). The number of carbonyl (C=O) groups excluding carboxylic acids is 2. The summed E-state index contributed by atoms with van der Waals surface area (Å²) < 4.78 is 4.43. The fourth-order valence-corrected chi connectivity index (χ4v) is 1.21. The zero-order chi connectivity index (χ0) is 12.5. The molecule has 5 heteroatoms. The molecule has 92 valence electrons. The minimum Gasteiger partial charge on any atom is -0.468 e. The van der Waals surface area contributed by atoms with E-state index in [0.29, 0.717) is 6.54 Å². The lowest BCUT2D eigenvalue weighted by Crippen LogP contribution is -2.36. The molecule has 0 aliphatic rings. The number of benzene rings is 1. The van der Waals surface area contributed by atoms with Crippen LogP contribution >= 0.6 is 0 Å². The Hall–Kier alpha value is -1.88. The SMILES string of the molecule is COC(=O)CNCC(=O)NCc1ccccc1. The maximum absolute atomic E-state index is 11.4. The van der Waals surface area contributed by atoms with E-state index in [1.165, 1.54) is 7.11 Å². The normalized spacial score (nSPS) is 9.71. The van der Waals surface area contributed by atoms with E-state index in [9.17, 15) is 9.59 Å².